The zero-order valence-electron chi connectivity index (χ0n) is 18.7. The smallest absolute Gasteiger partial charge is 0.253 e. The van der Waals surface area contributed by atoms with Crippen molar-refractivity contribution in [3.63, 3.8) is 0 Å². The van der Waals surface area contributed by atoms with Gasteiger partial charge in [0.2, 0.25) is 0 Å². The molecule has 0 N–H and O–H groups in total. The van der Waals surface area contributed by atoms with Gasteiger partial charge in [0.1, 0.15) is 0 Å². The molecule has 2 aromatic rings. The van der Waals surface area contributed by atoms with Crippen LogP contribution in [0.2, 0.25) is 0 Å². The van der Waals surface area contributed by atoms with Crippen LogP contribution in [0.1, 0.15) is 59.8 Å². The molecule has 4 nitrogen and oxygen atoms in total. The van der Waals surface area contributed by atoms with E-state index in [-0.39, 0.29) is 5.91 Å². The second kappa shape index (κ2) is 9.88. The maximum atomic E-state index is 12.1. The van der Waals surface area contributed by atoms with Gasteiger partial charge in [-0.3, -0.25) is 14.7 Å². The Kier molecular flexibility index (Phi) is 7.48. The summed E-state index contributed by atoms with van der Waals surface area (Å²) in [6, 6.07) is 10.2. The third-order valence-corrected chi connectivity index (χ3v) is 6.85. The van der Waals surface area contributed by atoms with E-state index in [9.17, 15) is 4.79 Å². The number of piperidine rings is 1. The average molecular weight is 470 g/mol. The van der Waals surface area contributed by atoms with Crippen LogP contribution in [-0.4, -0.2) is 54.4 Å². The van der Waals surface area contributed by atoms with E-state index in [1.165, 1.54) is 22.3 Å². The maximum absolute atomic E-state index is 12.1. The van der Waals surface area contributed by atoms with Gasteiger partial charge in [-0.25, -0.2) is 0 Å². The van der Waals surface area contributed by atoms with E-state index in [1.807, 2.05) is 24.4 Å². The lowest BCUT2D eigenvalue weighted by Gasteiger charge is -2.33. The summed E-state index contributed by atoms with van der Waals surface area (Å²) in [5.74, 6) is 0.634. The topological polar surface area (TPSA) is 36.4 Å². The lowest BCUT2D eigenvalue weighted by Crippen LogP contribution is -2.34. The molecule has 2 heterocycles. The highest BCUT2D eigenvalue weighted by atomic mass is 79.9. The molecule has 0 radical (unpaired) electrons. The highest BCUT2D eigenvalue weighted by molar-refractivity contribution is 9.10. The SMILES string of the molecule is C/C(CN1CCC(c2ccc(C(=O)N(C)C)cc2)CC1)=C(/C)c1c(Br)ccnc1C. The summed E-state index contributed by atoms with van der Waals surface area (Å²) in [6.45, 7) is 9.70. The molecule has 1 aromatic heterocycles. The molecule has 30 heavy (non-hydrogen) atoms. The fourth-order valence-electron chi connectivity index (χ4n) is 4.23. The molecule has 1 aliphatic heterocycles. The van der Waals surface area contributed by atoms with Gasteiger partial charge in [0.25, 0.3) is 5.91 Å². The van der Waals surface area contributed by atoms with Crippen LogP contribution >= 0.6 is 15.9 Å². The fraction of sp³-hybridized carbons (Fsp3) is 0.440. The third-order valence-electron chi connectivity index (χ3n) is 6.19. The molecule has 0 bridgehead atoms. The van der Waals surface area contributed by atoms with Crippen molar-refractivity contribution in [3.05, 3.63) is 69.0 Å². The van der Waals surface area contributed by atoms with Crippen molar-refractivity contribution in [3.8, 4) is 0 Å². The molecule has 1 amide bonds. The van der Waals surface area contributed by atoms with E-state index >= 15 is 0 Å². The van der Waals surface area contributed by atoms with Crippen molar-refractivity contribution in [2.45, 2.75) is 39.5 Å². The lowest BCUT2D eigenvalue weighted by atomic mass is 9.88. The number of benzene rings is 1. The largest absolute Gasteiger partial charge is 0.345 e. The molecule has 0 spiro atoms. The number of likely N-dealkylation sites (tertiary alicyclic amines) is 1. The Hall–Kier alpha value is -1.98. The predicted octanol–water partition coefficient (Wildman–Crippen LogP) is 5.53. The van der Waals surface area contributed by atoms with E-state index in [2.05, 4.69) is 58.7 Å². The standard InChI is InChI=1S/C25H32BrN3O/c1-17(18(2)24-19(3)27-13-10-23(24)26)16-29-14-11-21(12-15-29)20-6-8-22(9-7-20)25(30)28(4)5/h6-10,13,21H,11-12,14-16H2,1-5H3/b18-17+. The normalized spacial score (nSPS) is 16.3. The summed E-state index contributed by atoms with van der Waals surface area (Å²) in [6.07, 6.45) is 4.16. The molecular formula is C25H32BrN3O. The van der Waals surface area contributed by atoms with Crippen LogP contribution in [0.25, 0.3) is 5.57 Å². The van der Waals surface area contributed by atoms with Crippen LogP contribution < -0.4 is 0 Å². The molecule has 5 heteroatoms. The number of aromatic nitrogens is 1. The molecule has 1 fully saturated rings. The fourth-order valence-corrected chi connectivity index (χ4v) is 4.94. The number of hydrogen-bond donors (Lipinski definition) is 0. The van der Waals surface area contributed by atoms with Gasteiger partial charge in [-0.2, -0.15) is 0 Å². The van der Waals surface area contributed by atoms with E-state index in [4.69, 9.17) is 0 Å². The first kappa shape index (κ1) is 22.7. The van der Waals surface area contributed by atoms with Crippen molar-refractivity contribution < 1.29 is 4.79 Å². The minimum Gasteiger partial charge on any atom is -0.345 e. The van der Waals surface area contributed by atoms with E-state index < -0.39 is 0 Å². The Morgan fingerprint density at radius 3 is 2.33 bits per heavy atom. The number of halogens is 1. The van der Waals surface area contributed by atoms with E-state index in [0.717, 1.165) is 48.2 Å². The Bertz CT molecular complexity index is 906. The van der Waals surface area contributed by atoms with E-state index in [1.54, 1.807) is 19.0 Å². The molecule has 0 unspecified atom stereocenters. The Morgan fingerprint density at radius 2 is 1.77 bits per heavy atom. The molecule has 0 aliphatic carbocycles. The minimum absolute atomic E-state index is 0.0597. The first-order valence-electron chi connectivity index (χ1n) is 10.6. The summed E-state index contributed by atoms with van der Waals surface area (Å²) >= 11 is 3.69. The Balaban J connectivity index is 1.61. The molecule has 0 saturated carbocycles. The quantitative estimate of drug-likeness (QED) is 0.577. The molecule has 0 atom stereocenters. The van der Waals surface area contributed by atoms with Gasteiger partial charge in [-0.15, -0.1) is 0 Å². The first-order valence-corrected chi connectivity index (χ1v) is 11.4. The monoisotopic (exact) mass is 469 g/mol. The number of hydrogen-bond acceptors (Lipinski definition) is 3. The number of amides is 1. The molecule has 160 valence electrons. The summed E-state index contributed by atoms with van der Waals surface area (Å²) < 4.78 is 1.11. The van der Waals surface area contributed by atoms with Gasteiger partial charge in [0.05, 0.1) is 0 Å². The summed E-state index contributed by atoms with van der Waals surface area (Å²) in [5, 5.41) is 0. The molecule has 1 aliphatic rings. The third kappa shape index (κ3) is 5.19. The minimum atomic E-state index is 0.0597. The van der Waals surface area contributed by atoms with Crippen molar-refractivity contribution in [2.75, 3.05) is 33.7 Å². The van der Waals surface area contributed by atoms with Gasteiger partial charge >= 0.3 is 0 Å². The molecule has 3 rings (SSSR count). The van der Waals surface area contributed by atoms with Crippen LogP contribution in [-0.2, 0) is 0 Å². The number of aryl methyl sites for hydroxylation is 1. The molecule has 1 aromatic carbocycles. The zero-order valence-corrected chi connectivity index (χ0v) is 20.3. The first-order chi connectivity index (χ1) is 14.3. The predicted molar refractivity (Wildman–Crippen MR) is 128 cm³/mol. The van der Waals surface area contributed by atoms with Gasteiger partial charge in [-0.05, 0) is 82.0 Å². The van der Waals surface area contributed by atoms with Crippen LogP contribution in [0.3, 0.4) is 0 Å². The molecule has 1 saturated heterocycles. The number of nitrogens with zero attached hydrogens (tertiary/aromatic N) is 3. The van der Waals surface area contributed by atoms with E-state index in [0.29, 0.717) is 5.92 Å². The van der Waals surface area contributed by atoms with Crippen LogP contribution in [0.5, 0.6) is 0 Å². The average Bonchev–Trinajstić information content (AvgIpc) is 2.73. The molecular weight excluding hydrogens is 438 g/mol. The number of carbonyl (C=O) groups excluding carboxylic acids is 1. The van der Waals surface area contributed by atoms with Crippen LogP contribution in [0.15, 0.2) is 46.6 Å². The van der Waals surface area contributed by atoms with Crippen molar-refractivity contribution >= 4 is 27.4 Å². The maximum Gasteiger partial charge on any atom is 0.253 e. The van der Waals surface area contributed by atoms with Crippen LogP contribution in [0, 0.1) is 6.92 Å². The summed E-state index contributed by atoms with van der Waals surface area (Å²) in [4.78, 5) is 20.7. The van der Waals surface area contributed by atoms with Gasteiger partial charge in [0.15, 0.2) is 0 Å². The van der Waals surface area contributed by atoms with Gasteiger partial charge in [-0.1, -0.05) is 33.6 Å². The highest BCUT2D eigenvalue weighted by Crippen LogP contribution is 2.31. The van der Waals surface area contributed by atoms with Crippen molar-refractivity contribution in [1.29, 1.82) is 0 Å². The Morgan fingerprint density at radius 1 is 1.13 bits per heavy atom. The number of rotatable bonds is 5. The Labute approximate surface area is 189 Å². The van der Waals surface area contributed by atoms with Gasteiger partial charge < -0.3 is 4.90 Å². The lowest BCUT2D eigenvalue weighted by molar-refractivity contribution is 0.0827. The van der Waals surface area contributed by atoms with Crippen LogP contribution in [0.4, 0.5) is 0 Å². The van der Waals surface area contributed by atoms with Crippen molar-refractivity contribution in [1.82, 2.24) is 14.8 Å². The summed E-state index contributed by atoms with van der Waals surface area (Å²) in [5.41, 5.74) is 7.11. The second-order valence-electron chi connectivity index (χ2n) is 8.53. The summed E-state index contributed by atoms with van der Waals surface area (Å²) in [7, 11) is 3.58. The number of pyridine rings is 1. The zero-order chi connectivity index (χ0) is 21.8. The van der Waals surface area contributed by atoms with Gasteiger partial charge in [0, 0.05) is 48.1 Å². The number of carbonyl (C=O) groups is 1. The van der Waals surface area contributed by atoms with Crippen molar-refractivity contribution in [2.24, 2.45) is 0 Å². The highest BCUT2D eigenvalue weighted by Gasteiger charge is 2.22. The second-order valence-corrected chi connectivity index (χ2v) is 9.38. The number of allylic oxidation sites excluding steroid dienone is 1.